The molecular weight excluding hydrogens is 340 g/mol. The van der Waals surface area contributed by atoms with Gasteiger partial charge in [-0.3, -0.25) is 10.1 Å². The molecule has 0 saturated carbocycles. The van der Waals surface area contributed by atoms with Gasteiger partial charge >= 0.3 is 0 Å². The van der Waals surface area contributed by atoms with Crippen LogP contribution in [-0.2, 0) is 11.2 Å². The van der Waals surface area contributed by atoms with E-state index in [1.54, 1.807) is 14.2 Å². The number of hydrogen-bond acceptors (Lipinski definition) is 4. The molecule has 1 amide bonds. The van der Waals surface area contributed by atoms with E-state index < -0.39 is 0 Å². The number of methoxy groups -OCH3 is 2. The molecule has 5 nitrogen and oxygen atoms in total. The maximum absolute atomic E-state index is 13.2. The Morgan fingerprint density at radius 2 is 1.89 bits per heavy atom. The van der Waals surface area contributed by atoms with Crippen LogP contribution in [0.4, 0.5) is 5.69 Å². The minimum atomic E-state index is -0.329. The number of nitrogens with one attached hydrogen (secondary N) is 1. The van der Waals surface area contributed by atoms with Crippen molar-refractivity contribution >= 4 is 11.6 Å². The summed E-state index contributed by atoms with van der Waals surface area (Å²) in [6.45, 7) is 6.04. The predicted octanol–water partition coefficient (Wildman–Crippen LogP) is 3.72. The quantitative estimate of drug-likeness (QED) is 0.844. The number of para-hydroxylation sites is 1. The lowest BCUT2D eigenvalue weighted by Crippen LogP contribution is -2.47. The van der Waals surface area contributed by atoms with E-state index in [1.165, 1.54) is 5.56 Å². The monoisotopic (exact) mass is 368 g/mol. The summed E-state index contributed by atoms with van der Waals surface area (Å²) in [6.07, 6.45) is 0.897. The summed E-state index contributed by atoms with van der Waals surface area (Å²) in [6, 6.07) is 13.6. The van der Waals surface area contributed by atoms with Gasteiger partial charge < -0.3 is 14.4 Å². The zero-order valence-electron chi connectivity index (χ0n) is 16.7. The van der Waals surface area contributed by atoms with Crippen molar-refractivity contribution in [3.8, 4) is 11.5 Å². The molecule has 0 spiro atoms. The smallest absolute Gasteiger partial charge is 0.244 e. The fourth-order valence-corrected chi connectivity index (χ4v) is 3.82. The number of carbonyl (C=O) groups excluding carboxylic acids is 1. The summed E-state index contributed by atoms with van der Waals surface area (Å²) in [5.74, 6) is 1.62. The third kappa shape index (κ3) is 3.78. The summed E-state index contributed by atoms with van der Waals surface area (Å²) >= 11 is 0. The van der Waals surface area contributed by atoms with E-state index in [9.17, 15) is 4.79 Å². The van der Waals surface area contributed by atoms with Crippen molar-refractivity contribution in [3.05, 3.63) is 53.6 Å². The minimum absolute atomic E-state index is 0.0675. The molecule has 0 aromatic heterocycles. The molecule has 0 fully saturated rings. The first kappa shape index (κ1) is 19.2. The van der Waals surface area contributed by atoms with Gasteiger partial charge in [0.25, 0.3) is 0 Å². The van der Waals surface area contributed by atoms with E-state index in [4.69, 9.17) is 9.47 Å². The first-order valence-corrected chi connectivity index (χ1v) is 9.35. The highest BCUT2D eigenvalue weighted by molar-refractivity contribution is 5.99. The molecule has 2 aromatic carbocycles. The van der Waals surface area contributed by atoms with Crippen LogP contribution in [0, 0.1) is 0 Å². The summed E-state index contributed by atoms with van der Waals surface area (Å²) in [5, 5.41) is 3.42. The third-order valence-corrected chi connectivity index (χ3v) is 5.22. The maximum atomic E-state index is 13.2. The fraction of sp³-hybridized carbons (Fsp3) is 0.409. The fourth-order valence-electron chi connectivity index (χ4n) is 3.82. The molecule has 0 bridgehead atoms. The van der Waals surface area contributed by atoms with Crippen molar-refractivity contribution in [2.45, 2.75) is 45.3 Å². The Morgan fingerprint density at radius 3 is 2.59 bits per heavy atom. The van der Waals surface area contributed by atoms with Gasteiger partial charge in [0.15, 0.2) is 0 Å². The van der Waals surface area contributed by atoms with Crippen molar-refractivity contribution in [2.75, 3.05) is 19.1 Å². The molecule has 1 N–H and O–H groups in total. The zero-order chi connectivity index (χ0) is 19.6. The van der Waals surface area contributed by atoms with E-state index >= 15 is 0 Å². The Labute approximate surface area is 161 Å². The highest BCUT2D eigenvalue weighted by Crippen LogP contribution is 2.33. The highest BCUT2D eigenvalue weighted by atomic mass is 16.5. The average Bonchev–Trinajstić information content (AvgIpc) is 3.02. The molecule has 0 saturated heterocycles. The molecule has 5 heteroatoms. The van der Waals surface area contributed by atoms with Crippen molar-refractivity contribution in [1.82, 2.24) is 5.32 Å². The number of anilines is 1. The van der Waals surface area contributed by atoms with Gasteiger partial charge in [0, 0.05) is 23.3 Å². The van der Waals surface area contributed by atoms with Crippen molar-refractivity contribution in [2.24, 2.45) is 0 Å². The normalized spacial score (nSPS) is 18.0. The number of amides is 1. The van der Waals surface area contributed by atoms with Crippen LogP contribution in [0.2, 0.25) is 0 Å². The summed E-state index contributed by atoms with van der Waals surface area (Å²) in [7, 11) is 3.29. The predicted molar refractivity (Wildman–Crippen MR) is 108 cm³/mol. The molecule has 0 aliphatic carbocycles. The van der Waals surface area contributed by atoms with Crippen LogP contribution in [0.15, 0.2) is 42.5 Å². The van der Waals surface area contributed by atoms with Crippen LogP contribution in [0.25, 0.3) is 0 Å². The van der Waals surface area contributed by atoms with E-state index in [-0.39, 0.29) is 24.0 Å². The molecule has 27 heavy (non-hydrogen) atoms. The van der Waals surface area contributed by atoms with Crippen LogP contribution in [-0.4, -0.2) is 32.2 Å². The van der Waals surface area contributed by atoms with Crippen LogP contribution in [0.1, 0.15) is 37.9 Å². The molecule has 3 rings (SSSR count). The Bertz CT molecular complexity index is 821. The lowest BCUT2D eigenvalue weighted by molar-refractivity contribution is -0.120. The number of hydrogen-bond donors (Lipinski definition) is 1. The molecule has 1 aliphatic heterocycles. The van der Waals surface area contributed by atoms with Crippen LogP contribution in [0.3, 0.4) is 0 Å². The Kier molecular flexibility index (Phi) is 5.71. The summed E-state index contributed by atoms with van der Waals surface area (Å²) in [4.78, 5) is 15.1. The van der Waals surface area contributed by atoms with E-state index in [0.29, 0.717) is 0 Å². The van der Waals surface area contributed by atoms with Gasteiger partial charge in [0.1, 0.15) is 11.5 Å². The van der Waals surface area contributed by atoms with Crippen molar-refractivity contribution < 1.29 is 14.3 Å². The summed E-state index contributed by atoms with van der Waals surface area (Å²) < 4.78 is 10.8. The first-order chi connectivity index (χ1) is 13.0. The highest BCUT2D eigenvalue weighted by Gasteiger charge is 2.33. The number of nitrogens with zero attached hydrogens (tertiary/aromatic N) is 1. The number of carbonyl (C=O) groups is 1. The molecular formula is C22H28N2O3. The minimum Gasteiger partial charge on any atom is -0.497 e. The van der Waals surface area contributed by atoms with Gasteiger partial charge in [0.05, 0.1) is 20.3 Å². The SMILES string of the molecule is COc1ccc(OC)c(C(C)NC(C)C(=O)N2c3ccccc3CC2C)c1. The lowest BCUT2D eigenvalue weighted by atomic mass is 10.1. The van der Waals surface area contributed by atoms with Gasteiger partial charge in [-0.2, -0.15) is 0 Å². The molecule has 144 valence electrons. The van der Waals surface area contributed by atoms with Gasteiger partial charge in [-0.1, -0.05) is 18.2 Å². The van der Waals surface area contributed by atoms with Crippen LogP contribution in [0.5, 0.6) is 11.5 Å². The van der Waals surface area contributed by atoms with E-state index in [2.05, 4.69) is 18.3 Å². The lowest BCUT2D eigenvalue weighted by Gasteiger charge is -2.28. The van der Waals surface area contributed by atoms with Gasteiger partial charge in [-0.15, -0.1) is 0 Å². The maximum Gasteiger partial charge on any atom is 0.244 e. The van der Waals surface area contributed by atoms with E-state index in [1.807, 2.05) is 55.1 Å². The Hall–Kier alpha value is -2.53. The molecule has 1 aliphatic rings. The topological polar surface area (TPSA) is 50.8 Å². The molecule has 3 atom stereocenters. The van der Waals surface area contributed by atoms with Crippen molar-refractivity contribution in [3.63, 3.8) is 0 Å². The van der Waals surface area contributed by atoms with Crippen LogP contribution >= 0.6 is 0 Å². The third-order valence-electron chi connectivity index (χ3n) is 5.22. The standard InChI is InChI=1S/C22H28N2O3/c1-14-12-17-8-6-7-9-20(17)24(14)22(25)16(3)23-15(2)19-13-18(26-4)10-11-21(19)27-5/h6-11,13-16,23H,12H2,1-5H3. The second-order valence-corrected chi connectivity index (χ2v) is 7.11. The Morgan fingerprint density at radius 1 is 1.15 bits per heavy atom. The number of fused-ring (bicyclic) bond motifs is 1. The van der Waals surface area contributed by atoms with Crippen molar-refractivity contribution in [1.29, 1.82) is 0 Å². The average molecular weight is 368 g/mol. The number of rotatable bonds is 6. The van der Waals surface area contributed by atoms with Gasteiger partial charge in [0.2, 0.25) is 5.91 Å². The zero-order valence-corrected chi connectivity index (χ0v) is 16.7. The largest absolute Gasteiger partial charge is 0.497 e. The number of benzene rings is 2. The van der Waals surface area contributed by atoms with Gasteiger partial charge in [-0.25, -0.2) is 0 Å². The second kappa shape index (κ2) is 8.01. The van der Waals surface area contributed by atoms with E-state index in [0.717, 1.165) is 29.2 Å². The molecule has 0 radical (unpaired) electrons. The molecule has 1 heterocycles. The van der Waals surface area contributed by atoms with Gasteiger partial charge in [-0.05, 0) is 57.0 Å². The first-order valence-electron chi connectivity index (χ1n) is 9.35. The number of ether oxygens (including phenoxy) is 2. The summed E-state index contributed by atoms with van der Waals surface area (Å²) in [5.41, 5.74) is 3.22. The second-order valence-electron chi connectivity index (χ2n) is 7.11. The van der Waals surface area contributed by atoms with Crippen LogP contribution < -0.4 is 19.7 Å². The molecule has 2 aromatic rings. The molecule has 3 unspecified atom stereocenters. The Balaban J connectivity index is 1.77.